The molecule has 3 rings (SSSR count). The summed E-state index contributed by atoms with van der Waals surface area (Å²) in [5.41, 5.74) is 0.459. The fourth-order valence-electron chi connectivity index (χ4n) is 2.84. The molecule has 1 aromatic heterocycles. The van der Waals surface area contributed by atoms with E-state index in [1.165, 1.54) is 19.3 Å². The molecule has 0 aliphatic heterocycles. The number of amides is 1. The molecule has 1 N–H and O–H groups in total. The molecule has 0 spiro atoms. The van der Waals surface area contributed by atoms with Crippen molar-refractivity contribution in [2.24, 2.45) is 0 Å². The third kappa shape index (κ3) is 3.27. The summed E-state index contributed by atoms with van der Waals surface area (Å²) in [6.07, 6.45) is 5.87. The maximum Gasteiger partial charge on any atom is 0.253 e. The number of aromatic nitrogens is 4. The lowest BCUT2D eigenvalue weighted by atomic mass is 9.95. The van der Waals surface area contributed by atoms with Crippen molar-refractivity contribution >= 4 is 17.5 Å². The lowest BCUT2D eigenvalue weighted by Gasteiger charge is -2.22. The van der Waals surface area contributed by atoms with E-state index in [1.54, 1.807) is 24.3 Å². The van der Waals surface area contributed by atoms with Crippen molar-refractivity contribution in [1.29, 1.82) is 0 Å². The van der Waals surface area contributed by atoms with Crippen molar-refractivity contribution in [2.45, 2.75) is 44.7 Å². The van der Waals surface area contributed by atoms with E-state index >= 15 is 0 Å². The Labute approximate surface area is 133 Å². The molecule has 116 valence electrons. The van der Waals surface area contributed by atoms with E-state index in [4.69, 9.17) is 11.6 Å². The number of rotatable bonds is 4. The molecule has 2 aromatic rings. The second kappa shape index (κ2) is 6.87. The number of nitrogens with zero attached hydrogens (tertiary/aromatic N) is 4. The highest BCUT2D eigenvalue weighted by Gasteiger charge is 2.20. The molecule has 1 heterocycles. The fourth-order valence-corrected chi connectivity index (χ4v) is 3.06. The van der Waals surface area contributed by atoms with E-state index in [1.807, 2.05) is 4.68 Å². The maximum absolute atomic E-state index is 12.2. The van der Waals surface area contributed by atoms with E-state index in [-0.39, 0.29) is 5.91 Å². The Kier molecular flexibility index (Phi) is 4.68. The second-order valence-corrected chi connectivity index (χ2v) is 5.90. The molecule has 6 nitrogen and oxygen atoms in total. The average Bonchev–Trinajstić information content (AvgIpc) is 3.02. The topological polar surface area (TPSA) is 72.7 Å². The molecular formula is C15H18ClN5O. The summed E-state index contributed by atoms with van der Waals surface area (Å²) in [6, 6.07) is 7.32. The summed E-state index contributed by atoms with van der Waals surface area (Å²) < 4.78 is 1.85. The number of benzene rings is 1. The van der Waals surface area contributed by atoms with Gasteiger partial charge in [0.25, 0.3) is 5.91 Å². The lowest BCUT2D eigenvalue weighted by molar-refractivity contribution is 0.0949. The van der Waals surface area contributed by atoms with Crippen LogP contribution >= 0.6 is 11.6 Å². The predicted octanol–water partition coefficient (Wildman–Crippen LogP) is 2.76. The SMILES string of the molecule is O=C(NCc1nnnn1C1CCCCC1)c1ccccc1Cl. The summed E-state index contributed by atoms with van der Waals surface area (Å²) in [6.45, 7) is 0.299. The standard InChI is InChI=1S/C15H18ClN5O/c16-13-9-5-4-8-12(13)15(22)17-10-14-18-19-20-21(14)11-6-2-1-3-7-11/h4-5,8-9,11H,1-3,6-7,10H2,(H,17,22). The van der Waals surface area contributed by atoms with Crippen LogP contribution in [0.4, 0.5) is 0 Å². The zero-order valence-electron chi connectivity index (χ0n) is 12.2. The van der Waals surface area contributed by atoms with E-state index in [2.05, 4.69) is 20.8 Å². The molecule has 1 saturated carbocycles. The highest BCUT2D eigenvalue weighted by molar-refractivity contribution is 6.33. The molecule has 1 aliphatic carbocycles. The van der Waals surface area contributed by atoms with E-state index in [0.717, 1.165) is 12.8 Å². The van der Waals surface area contributed by atoms with Crippen LogP contribution in [-0.4, -0.2) is 26.1 Å². The monoisotopic (exact) mass is 319 g/mol. The van der Waals surface area contributed by atoms with Crippen molar-refractivity contribution in [1.82, 2.24) is 25.5 Å². The Bertz CT molecular complexity index is 651. The molecule has 0 saturated heterocycles. The smallest absolute Gasteiger partial charge is 0.253 e. The first-order valence-electron chi connectivity index (χ1n) is 7.55. The van der Waals surface area contributed by atoms with Gasteiger partial charge in [-0.2, -0.15) is 0 Å². The number of hydrogen-bond donors (Lipinski definition) is 1. The zero-order chi connectivity index (χ0) is 15.4. The fraction of sp³-hybridized carbons (Fsp3) is 0.467. The van der Waals surface area contributed by atoms with E-state index in [9.17, 15) is 4.79 Å². The van der Waals surface area contributed by atoms with Crippen LogP contribution in [0.3, 0.4) is 0 Å². The van der Waals surface area contributed by atoms with Crippen molar-refractivity contribution in [3.8, 4) is 0 Å². The van der Waals surface area contributed by atoms with Gasteiger partial charge in [-0.1, -0.05) is 43.0 Å². The first-order valence-corrected chi connectivity index (χ1v) is 7.93. The summed E-state index contributed by atoms with van der Waals surface area (Å²) in [5.74, 6) is 0.469. The van der Waals surface area contributed by atoms with E-state index < -0.39 is 0 Å². The molecule has 1 aliphatic rings. The Morgan fingerprint density at radius 2 is 2.05 bits per heavy atom. The highest BCUT2D eigenvalue weighted by Crippen LogP contribution is 2.27. The zero-order valence-corrected chi connectivity index (χ0v) is 13.0. The van der Waals surface area contributed by atoms with Gasteiger partial charge in [-0.3, -0.25) is 4.79 Å². The molecule has 7 heteroatoms. The lowest BCUT2D eigenvalue weighted by Crippen LogP contribution is -2.26. The minimum Gasteiger partial charge on any atom is -0.345 e. The summed E-state index contributed by atoms with van der Waals surface area (Å²) in [7, 11) is 0. The van der Waals surface area contributed by atoms with Crippen molar-refractivity contribution in [2.75, 3.05) is 0 Å². The van der Waals surface area contributed by atoms with Crippen LogP contribution in [0.25, 0.3) is 0 Å². The van der Waals surface area contributed by atoms with Gasteiger partial charge in [-0.15, -0.1) is 5.10 Å². The van der Waals surface area contributed by atoms with Gasteiger partial charge in [-0.05, 0) is 35.4 Å². The summed E-state index contributed by atoms with van der Waals surface area (Å²) in [5, 5.41) is 15.1. The predicted molar refractivity (Wildman–Crippen MR) is 82.6 cm³/mol. The quantitative estimate of drug-likeness (QED) is 0.940. The number of halogens is 1. The number of tetrazole rings is 1. The van der Waals surface area contributed by atoms with Gasteiger partial charge in [0.05, 0.1) is 23.2 Å². The Hall–Kier alpha value is -1.95. The van der Waals surface area contributed by atoms with Gasteiger partial charge in [0.2, 0.25) is 0 Å². The largest absolute Gasteiger partial charge is 0.345 e. The Balaban J connectivity index is 1.66. The molecule has 0 radical (unpaired) electrons. The minimum atomic E-state index is -0.219. The van der Waals surface area contributed by atoms with Crippen LogP contribution in [0, 0.1) is 0 Å². The van der Waals surface area contributed by atoms with Crippen LogP contribution in [0.2, 0.25) is 5.02 Å². The Morgan fingerprint density at radius 3 is 2.82 bits per heavy atom. The van der Waals surface area contributed by atoms with Crippen LogP contribution < -0.4 is 5.32 Å². The van der Waals surface area contributed by atoms with Crippen molar-refractivity contribution in [3.63, 3.8) is 0 Å². The number of nitrogens with one attached hydrogen (secondary N) is 1. The van der Waals surface area contributed by atoms with Crippen LogP contribution in [0.15, 0.2) is 24.3 Å². The van der Waals surface area contributed by atoms with Crippen molar-refractivity contribution < 1.29 is 4.79 Å². The van der Waals surface area contributed by atoms with Gasteiger partial charge in [0.15, 0.2) is 5.82 Å². The van der Waals surface area contributed by atoms with Gasteiger partial charge in [0, 0.05) is 0 Å². The number of hydrogen-bond acceptors (Lipinski definition) is 4. The molecule has 0 atom stereocenters. The van der Waals surface area contributed by atoms with Crippen LogP contribution in [-0.2, 0) is 6.54 Å². The van der Waals surface area contributed by atoms with Crippen molar-refractivity contribution in [3.05, 3.63) is 40.7 Å². The van der Waals surface area contributed by atoms with Gasteiger partial charge in [-0.25, -0.2) is 4.68 Å². The molecule has 0 unspecified atom stereocenters. The highest BCUT2D eigenvalue weighted by atomic mass is 35.5. The van der Waals surface area contributed by atoms with E-state index in [0.29, 0.717) is 29.0 Å². The van der Waals surface area contributed by atoms with Gasteiger partial charge in [0.1, 0.15) is 0 Å². The molecule has 22 heavy (non-hydrogen) atoms. The molecule has 1 amide bonds. The molecule has 1 aromatic carbocycles. The summed E-state index contributed by atoms with van der Waals surface area (Å²) in [4.78, 5) is 12.2. The van der Waals surface area contributed by atoms with Crippen LogP contribution in [0.5, 0.6) is 0 Å². The number of carbonyl (C=O) groups excluding carboxylic acids is 1. The van der Waals surface area contributed by atoms with Gasteiger partial charge >= 0.3 is 0 Å². The second-order valence-electron chi connectivity index (χ2n) is 5.49. The minimum absolute atomic E-state index is 0.219. The first kappa shape index (κ1) is 15.0. The first-order chi connectivity index (χ1) is 10.8. The Morgan fingerprint density at radius 1 is 1.27 bits per heavy atom. The molecule has 0 bridgehead atoms. The molecular weight excluding hydrogens is 302 g/mol. The summed E-state index contributed by atoms with van der Waals surface area (Å²) >= 11 is 6.03. The maximum atomic E-state index is 12.2. The van der Waals surface area contributed by atoms with Gasteiger partial charge < -0.3 is 5.32 Å². The molecule has 1 fully saturated rings. The number of carbonyl (C=O) groups is 1. The third-order valence-electron chi connectivity index (χ3n) is 4.01. The third-order valence-corrected chi connectivity index (χ3v) is 4.34. The van der Waals surface area contributed by atoms with Crippen LogP contribution in [0.1, 0.15) is 54.3 Å². The average molecular weight is 320 g/mol. The normalized spacial score (nSPS) is 15.7.